The zero-order chi connectivity index (χ0) is 18.4. The molecule has 3 aliphatic rings. The fourth-order valence-electron chi connectivity index (χ4n) is 3.78. The molecule has 2 atom stereocenters. The molecule has 0 radical (unpaired) electrons. The fourth-order valence-corrected chi connectivity index (χ4v) is 3.94. The van der Waals surface area contributed by atoms with E-state index in [1.54, 1.807) is 0 Å². The number of aromatic nitrogens is 2. The van der Waals surface area contributed by atoms with Crippen LogP contribution in [0.3, 0.4) is 0 Å². The van der Waals surface area contributed by atoms with Crippen LogP contribution in [0.2, 0.25) is 5.15 Å². The number of rotatable bonds is 4. The lowest BCUT2D eigenvalue weighted by Gasteiger charge is -2.33. The summed E-state index contributed by atoms with van der Waals surface area (Å²) < 4.78 is 12.2. The Hall–Kier alpha value is -1.89. The molecule has 1 aromatic carbocycles. The van der Waals surface area contributed by atoms with Crippen molar-refractivity contribution in [1.29, 1.82) is 0 Å². The molecule has 142 valence electrons. The van der Waals surface area contributed by atoms with Crippen LogP contribution in [-0.2, 0) is 4.74 Å². The highest BCUT2D eigenvalue weighted by atomic mass is 35.5. The maximum atomic E-state index is 6.19. The topological polar surface area (TPSA) is 59.5 Å². The van der Waals surface area contributed by atoms with Gasteiger partial charge in [-0.2, -0.15) is 0 Å². The number of hydrazine groups is 1. The van der Waals surface area contributed by atoms with E-state index in [1.165, 1.54) is 12.7 Å². The molecule has 6 nitrogen and oxygen atoms in total. The summed E-state index contributed by atoms with van der Waals surface area (Å²) in [5, 5.41) is 2.58. The van der Waals surface area contributed by atoms with Crippen molar-refractivity contribution in [1.82, 2.24) is 15.4 Å². The molecule has 27 heavy (non-hydrogen) atoms. The Bertz CT molecular complexity index is 852. The van der Waals surface area contributed by atoms with Gasteiger partial charge in [-0.3, -0.25) is 5.01 Å². The largest absolute Gasteiger partial charge is 0.488 e. The van der Waals surface area contributed by atoms with Crippen LogP contribution in [0.4, 0.5) is 5.69 Å². The summed E-state index contributed by atoms with van der Waals surface area (Å²) in [5.74, 6) is 0.895. The second-order valence-electron chi connectivity index (χ2n) is 7.79. The smallest absolute Gasteiger partial charge is 0.144 e. The van der Waals surface area contributed by atoms with Crippen LogP contribution in [0.15, 0.2) is 30.6 Å². The predicted octanol–water partition coefficient (Wildman–Crippen LogP) is 4.00. The Kier molecular flexibility index (Phi) is 4.22. The monoisotopic (exact) mass is 386 g/mol. The summed E-state index contributed by atoms with van der Waals surface area (Å²) in [5.41, 5.74) is 6.63. The molecule has 2 aliphatic heterocycles. The van der Waals surface area contributed by atoms with Crippen molar-refractivity contribution in [3.8, 4) is 5.75 Å². The third-order valence-corrected chi connectivity index (χ3v) is 5.76. The SMILES string of the molecule is CC1(Oc2ccc3c(c2)C(c2cc(Cl)ncn2)NN3C2CCCCO2)CC1. The first-order chi connectivity index (χ1) is 13.1. The molecule has 3 heterocycles. The number of halogens is 1. The number of nitrogens with zero attached hydrogens (tertiary/aromatic N) is 3. The lowest BCUT2D eigenvalue weighted by Crippen LogP contribution is -2.46. The van der Waals surface area contributed by atoms with Crippen molar-refractivity contribution >= 4 is 17.3 Å². The number of benzene rings is 1. The zero-order valence-corrected chi connectivity index (χ0v) is 16.1. The molecule has 7 heteroatoms. The van der Waals surface area contributed by atoms with E-state index >= 15 is 0 Å². The molecule has 2 aromatic rings. The molecule has 0 amide bonds. The van der Waals surface area contributed by atoms with Gasteiger partial charge < -0.3 is 9.47 Å². The molecule has 2 fully saturated rings. The quantitative estimate of drug-likeness (QED) is 0.801. The standard InChI is InChI=1S/C20H23ClN4O2/c1-20(7-8-20)27-13-5-6-16-14(10-13)19(15-11-17(21)23-12-22-15)24-25(16)18-4-2-3-9-26-18/h5-6,10-12,18-19,24H,2-4,7-9H2,1H3. The predicted molar refractivity (Wildman–Crippen MR) is 103 cm³/mol. The lowest BCUT2D eigenvalue weighted by molar-refractivity contribution is 0.00855. The third-order valence-electron chi connectivity index (χ3n) is 5.55. The van der Waals surface area contributed by atoms with Gasteiger partial charge in [0.2, 0.25) is 0 Å². The highest BCUT2D eigenvalue weighted by Gasteiger charge is 2.41. The van der Waals surface area contributed by atoms with Gasteiger partial charge in [0.1, 0.15) is 29.1 Å². The fraction of sp³-hybridized carbons (Fsp3) is 0.500. The first-order valence-corrected chi connectivity index (χ1v) is 9.97. The highest BCUT2D eigenvalue weighted by molar-refractivity contribution is 6.29. The molecule has 1 saturated carbocycles. The van der Waals surface area contributed by atoms with E-state index in [0.717, 1.165) is 55.0 Å². The minimum absolute atomic E-state index is 0.0137. The number of hydrogen-bond donors (Lipinski definition) is 1. The average molecular weight is 387 g/mol. The molecule has 1 aromatic heterocycles. The van der Waals surface area contributed by atoms with Gasteiger partial charge in [0.05, 0.1) is 17.4 Å². The minimum atomic E-state index is -0.110. The van der Waals surface area contributed by atoms with Gasteiger partial charge in [0, 0.05) is 12.2 Å². The molecule has 0 bridgehead atoms. The Morgan fingerprint density at radius 3 is 2.89 bits per heavy atom. The summed E-state index contributed by atoms with van der Waals surface area (Å²) >= 11 is 6.12. The Morgan fingerprint density at radius 1 is 1.26 bits per heavy atom. The first-order valence-electron chi connectivity index (χ1n) is 9.59. The van der Waals surface area contributed by atoms with Crippen LogP contribution in [0.25, 0.3) is 0 Å². The van der Waals surface area contributed by atoms with Crippen LogP contribution >= 0.6 is 11.6 Å². The normalized spacial score (nSPS) is 25.9. The van der Waals surface area contributed by atoms with Gasteiger partial charge in [-0.15, -0.1) is 0 Å². The van der Waals surface area contributed by atoms with Gasteiger partial charge >= 0.3 is 0 Å². The second kappa shape index (κ2) is 6.62. The van der Waals surface area contributed by atoms with Crippen molar-refractivity contribution < 1.29 is 9.47 Å². The van der Waals surface area contributed by atoms with Crippen LogP contribution in [0.1, 0.15) is 56.3 Å². The van der Waals surface area contributed by atoms with Crippen molar-refractivity contribution in [2.45, 2.75) is 56.9 Å². The molecule has 1 N–H and O–H groups in total. The van der Waals surface area contributed by atoms with Gasteiger partial charge in [-0.05, 0) is 63.3 Å². The number of fused-ring (bicyclic) bond motifs is 1. The maximum Gasteiger partial charge on any atom is 0.144 e. The van der Waals surface area contributed by atoms with E-state index in [0.29, 0.717) is 5.15 Å². The van der Waals surface area contributed by atoms with Crippen LogP contribution < -0.4 is 15.2 Å². The number of anilines is 1. The molecule has 2 unspecified atom stereocenters. The van der Waals surface area contributed by atoms with Crippen molar-refractivity contribution in [3.05, 3.63) is 47.0 Å². The van der Waals surface area contributed by atoms with Gasteiger partial charge in [0.25, 0.3) is 0 Å². The van der Waals surface area contributed by atoms with Crippen LogP contribution in [0, 0.1) is 0 Å². The molecule has 1 aliphatic carbocycles. The molecule has 0 spiro atoms. The molecular weight excluding hydrogens is 364 g/mol. The van der Waals surface area contributed by atoms with Crippen molar-refractivity contribution in [3.63, 3.8) is 0 Å². The Morgan fingerprint density at radius 2 is 2.15 bits per heavy atom. The number of nitrogens with one attached hydrogen (secondary N) is 1. The van der Waals surface area contributed by atoms with E-state index in [9.17, 15) is 0 Å². The van der Waals surface area contributed by atoms with E-state index in [-0.39, 0.29) is 17.9 Å². The van der Waals surface area contributed by atoms with E-state index in [1.807, 2.05) is 6.07 Å². The summed E-state index contributed by atoms with van der Waals surface area (Å²) in [6.45, 7) is 2.95. The van der Waals surface area contributed by atoms with Crippen LogP contribution in [0.5, 0.6) is 5.75 Å². The third kappa shape index (κ3) is 3.37. The van der Waals surface area contributed by atoms with Crippen molar-refractivity contribution in [2.24, 2.45) is 0 Å². The first kappa shape index (κ1) is 17.2. The van der Waals surface area contributed by atoms with E-state index < -0.39 is 0 Å². The number of hydrogen-bond acceptors (Lipinski definition) is 6. The minimum Gasteiger partial charge on any atom is -0.488 e. The Labute approximate surface area is 163 Å². The van der Waals surface area contributed by atoms with Gasteiger partial charge in [0.15, 0.2) is 0 Å². The van der Waals surface area contributed by atoms with Crippen LogP contribution in [-0.4, -0.2) is 28.4 Å². The molecule has 1 saturated heterocycles. The Balaban J connectivity index is 1.52. The highest BCUT2D eigenvalue weighted by Crippen LogP contribution is 2.44. The molecular formula is C20H23ClN4O2. The second-order valence-corrected chi connectivity index (χ2v) is 8.18. The van der Waals surface area contributed by atoms with E-state index in [2.05, 4.69) is 45.5 Å². The van der Waals surface area contributed by atoms with Gasteiger partial charge in [-0.1, -0.05) is 11.6 Å². The van der Waals surface area contributed by atoms with Crippen molar-refractivity contribution in [2.75, 3.05) is 11.6 Å². The van der Waals surface area contributed by atoms with Gasteiger partial charge in [-0.25, -0.2) is 15.4 Å². The lowest BCUT2D eigenvalue weighted by atomic mass is 10.0. The zero-order valence-electron chi connectivity index (χ0n) is 15.3. The summed E-state index contributed by atoms with van der Waals surface area (Å²) in [4.78, 5) is 8.46. The maximum absolute atomic E-state index is 6.19. The summed E-state index contributed by atoms with van der Waals surface area (Å²) in [7, 11) is 0. The molecule has 5 rings (SSSR count). The summed E-state index contributed by atoms with van der Waals surface area (Å²) in [6, 6.07) is 7.99. The summed E-state index contributed by atoms with van der Waals surface area (Å²) in [6.07, 6.45) is 7.03. The number of ether oxygens (including phenoxy) is 2. The van der Waals surface area contributed by atoms with E-state index in [4.69, 9.17) is 21.1 Å². The average Bonchev–Trinajstić information content (AvgIpc) is 3.28.